The zero-order chi connectivity index (χ0) is 17.3. The molecule has 7 heteroatoms. The van der Waals surface area contributed by atoms with E-state index in [4.69, 9.17) is 9.15 Å². The fourth-order valence-corrected chi connectivity index (χ4v) is 2.16. The Morgan fingerprint density at radius 2 is 2.12 bits per heavy atom. The number of oxazole rings is 1. The standard InChI is InChI=1S/C17H13F3N2O2/c1-10(2)23-15-9-21-7-6-12(15)16-22-13-8-11(17(18,19)20)4-3-5-14(13)24-16/h6-10H,4H2,1-2H3. The maximum Gasteiger partial charge on any atom is 0.413 e. The number of fused-ring (bicyclic) bond motifs is 1. The zero-order valence-electron chi connectivity index (χ0n) is 12.9. The van der Waals surface area contributed by atoms with E-state index < -0.39 is 11.7 Å². The molecule has 0 aliphatic heterocycles. The number of halogens is 3. The summed E-state index contributed by atoms with van der Waals surface area (Å²) in [5.41, 5.74) is -0.174. The summed E-state index contributed by atoms with van der Waals surface area (Å²) in [7, 11) is 0. The van der Waals surface area contributed by atoms with Crippen LogP contribution in [0.1, 0.15) is 31.7 Å². The monoisotopic (exact) mass is 334 g/mol. The number of hydrogen-bond acceptors (Lipinski definition) is 4. The maximum absolute atomic E-state index is 12.9. The Labute approximate surface area is 136 Å². The van der Waals surface area contributed by atoms with E-state index >= 15 is 0 Å². The second-order valence-electron chi connectivity index (χ2n) is 5.42. The number of ether oxygens (including phenoxy) is 1. The molecule has 2 heterocycles. The van der Waals surface area contributed by atoms with E-state index in [0.29, 0.717) is 11.3 Å². The second kappa shape index (κ2) is 6.04. The van der Waals surface area contributed by atoms with Crippen LogP contribution in [0.2, 0.25) is 0 Å². The minimum Gasteiger partial charge on any atom is -0.489 e. The quantitative estimate of drug-likeness (QED) is 0.789. The van der Waals surface area contributed by atoms with E-state index in [9.17, 15) is 13.2 Å². The topological polar surface area (TPSA) is 48.2 Å². The van der Waals surface area contributed by atoms with Crippen molar-refractivity contribution in [1.82, 2.24) is 9.97 Å². The smallest absolute Gasteiger partial charge is 0.413 e. The fourth-order valence-electron chi connectivity index (χ4n) is 2.16. The molecule has 0 spiro atoms. The van der Waals surface area contributed by atoms with Gasteiger partial charge in [-0.25, -0.2) is 4.98 Å². The Balaban J connectivity index is 2.05. The lowest BCUT2D eigenvalue weighted by molar-refractivity contribution is -0.0917. The molecule has 1 aliphatic carbocycles. The Morgan fingerprint density at radius 1 is 1.33 bits per heavy atom. The summed E-state index contributed by atoms with van der Waals surface area (Å²) in [6.45, 7) is 3.71. The molecule has 0 aromatic carbocycles. The van der Waals surface area contributed by atoms with Crippen molar-refractivity contribution in [2.24, 2.45) is 0 Å². The van der Waals surface area contributed by atoms with Crippen molar-refractivity contribution in [3.8, 4) is 29.0 Å². The van der Waals surface area contributed by atoms with Gasteiger partial charge in [0.1, 0.15) is 5.69 Å². The van der Waals surface area contributed by atoms with E-state index in [-0.39, 0.29) is 29.9 Å². The predicted molar refractivity (Wildman–Crippen MR) is 81.0 cm³/mol. The first kappa shape index (κ1) is 16.1. The number of pyridine rings is 1. The van der Waals surface area contributed by atoms with Crippen molar-refractivity contribution >= 4 is 6.08 Å². The van der Waals surface area contributed by atoms with Crippen LogP contribution in [0, 0.1) is 11.8 Å². The molecule has 4 nitrogen and oxygen atoms in total. The summed E-state index contributed by atoms with van der Waals surface area (Å²) >= 11 is 0. The molecular formula is C17H13F3N2O2. The van der Waals surface area contributed by atoms with E-state index in [1.165, 1.54) is 12.4 Å². The van der Waals surface area contributed by atoms with Crippen LogP contribution in [0.15, 0.2) is 28.5 Å². The first-order valence-corrected chi connectivity index (χ1v) is 7.23. The van der Waals surface area contributed by atoms with Crippen LogP contribution in [-0.4, -0.2) is 22.2 Å². The van der Waals surface area contributed by atoms with Crippen molar-refractivity contribution in [2.45, 2.75) is 32.5 Å². The molecular weight excluding hydrogens is 321 g/mol. The molecule has 24 heavy (non-hydrogen) atoms. The van der Waals surface area contributed by atoms with Crippen LogP contribution in [0.3, 0.4) is 0 Å². The first-order chi connectivity index (χ1) is 11.3. The van der Waals surface area contributed by atoms with Crippen LogP contribution in [0.4, 0.5) is 13.2 Å². The zero-order valence-corrected chi connectivity index (χ0v) is 12.9. The highest BCUT2D eigenvalue weighted by Gasteiger charge is 2.34. The van der Waals surface area contributed by atoms with Crippen molar-refractivity contribution in [1.29, 1.82) is 0 Å². The van der Waals surface area contributed by atoms with Crippen LogP contribution >= 0.6 is 0 Å². The van der Waals surface area contributed by atoms with E-state index in [1.54, 1.807) is 6.07 Å². The highest BCUT2D eigenvalue weighted by atomic mass is 19.4. The van der Waals surface area contributed by atoms with Gasteiger partial charge in [-0.2, -0.15) is 13.2 Å². The van der Waals surface area contributed by atoms with E-state index in [1.807, 2.05) is 13.8 Å². The number of hydrogen-bond donors (Lipinski definition) is 0. The lowest BCUT2D eigenvalue weighted by Crippen LogP contribution is -2.11. The van der Waals surface area contributed by atoms with Crippen molar-refractivity contribution in [3.05, 3.63) is 35.5 Å². The van der Waals surface area contributed by atoms with Gasteiger partial charge in [-0.05, 0) is 31.9 Å². The number of rotatable bonds is 3. The van der Waals surface area contributed by atoms with Gasteiger partial charge in [0.05, 0.1) is 17.9 Å². The first-order valence-electron chi connectivity index (χ1n) is 7.23. The molecule has 2 aromatic rings. The SMILES string of the molecule is CC(C)Oc1cnccc1-c1nc2c(o1)C#CCC(C(F)(F)F)=C2. The Morgan fingerprint density at radius 3 is 2.83 bits per heavy atom. The average Bonchev–Trinajstić information content (AvgIpc) is 2.77. The van der Waals surface area contributed by atoms with Gasteiger partial charge >= 0.3 is 6.18 Å². The molecule has 0 saturated carbocycles. The van der Waals surface area contributed by atoms with E-state index in [0.717, 1.165) is 6.08 Å². The van der Waals surface area contributed by atoms with Crippen LogP contribution in [-0.2, 0) is 0 Å². The van der Waals surface area contributed by atoms with Crippen molar-refractivity contribution in [3.63, 3.8) is 0 Å². The lowest BCUT2D eigenvalue weighted by Gasteiger charge is -2.11. The normalized spacial score (nSPS) is 13.7. The molecule has 1 aliphatic rings. The maximum atomic E-state index is 12.9. The summed E-state index contributed by atoms with van der Waals surface area (Å²) in [6, 6.07) is 1.63. The molecule has 0 bridgehead atoms. The Bertz CT molecular complexity index is 855. The molecule has 124 valence electrons. The van der Waals surface area contributed by atoms with Gasteiger partial charge in [-0.3, -0.25) is 4.98 Å². The molecule has 0 unspecified atom stereocenters. The predicted octanol–water partition coefficient (Wildman–Crippen LogP) is 4.22. The summed E-state index contributed by atoms with van der Waals surface area (Å²) in [5.74, 6) is 5.74. The Kier molecular flexibility index (Phi) is 4.06. The number of aromatic nitrogens is 2. The molecule has 2 aromatic heterocycles. The third-order valence-corrected chi connectivity index (χ3v) is 3.19. The highest BCUT2D eigenvalue weighted by molar-refractivity contribution is 5.66. The minimum absolute atomic E-state index is 0.0645. The summed E-state index contributed by atoms with van der Waals surface area (Å²) in [4.78, 5) is 8.14. The van der Waals surface area contributed by atoms with Gasteiger partial charge in [0.25, 0.3) is 0 Å². The molecule has 0 radical (unpaired) electrons. The third-order valence-electron chi connectivity index (χ3n) is 3.19. The minimum atomic E-state index is -4.45. The number of alkyl halides is 3. The van der Waals surface area contributed by atoms with Crippen LogP contribution in [0.5, 0.6) is 5.75 Å². The third kappa shape index (κ3) is 3.27. The largest absolute Gasteiger partial charge is 0.489 e. The van der Waals surface area contributed by atoms with Crippen molar-refractivity contribution < 1.29 is 22.3 Å². The lowest BCUT2D eigenvalue weighted by atomic mass is 10.1. The molecule has 0 amide bonds. The van der Waals surface area contributed by atoms with Gasteiger partial charge in [0.2, 0.25) is 11.7 Å². The average molecular weight is 334 g/mol. The van der Waals surface area contributed by atoms with Gasteiger partial charge in [0.15, 0.2) is 5.75 Å². The molecule has 0 N–H and O–H groups in total. The number of allylic oxidation sites excluding steroid dienone is 1. The molecule has 0 saturated heterocycles. The van der Waals surface area contributed by atoms with Crippen molar-refractivity contribution in [2.75, 3.05) is 0 Å². The Hall–Kier alpha value is -2.75. The summed E-state index contributed by atoms with van der Waals surface area (Å²) in [6.07, 6.45) is -0.940. The second-order valence-corrected chi connectivity index (χ2v) is 5.42. The van der Waals surface area contributed by atoms with Crippen LogP contribution in [0.25, 0.3) is 17.5 Å². The van der Waals surface area contributed by atoms with E-state index in [2.05, 4.69) is 21.8 Å². The summed E-state index contributed by atoms with van der Waals surface area (Å²) < 4.78 is 50.0. The van der Waals surface area contributed by atoms with Gasteiger partial charge in [0, 0.05) is 18.2 Å². The van der Waals surface area contributed by atoms with Gasteiger partial charge in [-0.1, -0.05) is 5.92 Å². The molecule has 0 fully saturated rings. The van der Waals surface area contributed by atoms with Gasteiger partial charge < -0.3 is 9.15 Å². The summed E-state index contributed by atoms with van der Waals surface area (Å²) in [5, 5.41) is 0. The van der Waals surface area contributed by atoms with Crippen LogP contribution < -0.4 is 4.74 Å². The number of nitrogens with zero attached hydrogens (tertiary/aromatic N) is 2. The molecule has 3 rings (SSSR count). The van der Waals surface area contributed by atoms with Gasteiger partial charge in [-0.15, -0.1) is 0 Å². The molecule has 0 atom stereocenters. The fraction of sp³-hybridized carbons (Fsp3) is 0.294. The highest BCUT2D eigenvalue weighted by Crippen LogP contribution is 2.34.